The van der Waals surface area contributed by atoms with Gasteiger partial charge in [-0.15, -0.1) is 11.6 Å². The molecule has 0 saturated heterocycles. The number of benzene rings is 1. The van der Waals surface area contributed by atoms with Crippen LogP contribution in [0.5, 0.6) is 0 Å². The Morgan fingerprint density at radius 3 is 2.33 bits per heavy atom. The van der Waals surface area contributed by atoms with Gasteiger partial charge in [0.25, 0.3) is 0 Å². The van der Waals surface area contributed by atoms with Crippen LogP contribution in [0.15, 0.2) is 24.3 Å². The number of rotatable bonds is 1. The van der Waals surface area contributed by atoms with Crippen LogP contribution in [-0.4, -0.2) is 5.38 Å². The second-order valence-corrected chi connectivity index (χ2v) is 3.65. The largest absolute Gasteiger partial charge is 0.192 e. The topological polar surface area (TPSA) is 23.8 Å². The smallest absolute Gasteiger partial charge is 0.0991 e. The summed E-state index contributed by atoms with van der Waals surface area (Å²) in [7, 11) is 0. The van der Waals surface area contributed by atoms with Gasteiger partial charge in [0.15, 0.2) is 0 Å². The fraction of sp³-hybridized carbons (Fsp3) is 0.300. The lowest BCUT2D eigenvalue weighted by molar-refractivity contribution is 1.13. The van der Waals surface area contributed by atoms with Gasteiger partial charge in [0.05, 0.1) is 11.6 Å². The minimum Gasteiger partial charge on any atom is -0.192 e. The molecular weight excluding hydrogens is 170 g/mol. The molecule has 0 bridgehead atoms. The molecule has 1 aliphatic carbocycles. The zero-order chi connectivity index (χ0) is 8.55. The highest BCUT2D eigenvalue weighted by atomic mass is 35.5. The number of hydrogen-bond donors (Lipinski definition) is 0. The molecule has 12 heavy (non-hydrogen) atoms. The number of nitrogens with zero attached hydrogens (tertiary/aromatic N) is 1. The Bertz CT molecular complexity index is 323. The lowest BCUT2D eigenvalue weighted by Gasteiger charge is -1.96. The molecule has 1 nitrogen and oxygen atoms in total. The Morgan fingerprint density at radius 2 is 1.92 bits per heavy atom. The van der Waals surface area contributed by atoms with E-state index in [0.29, 0.717) is 16.9 Å². The number of alkyl halides is 1. The van der Waals surface area contributed by atoms with Gasteiger partial charge in [-0.25, -0.2) is 0 Å². The zero-order valence-electron chi connectivity index (χ0n) is 6.50. The van der Waals surface area contributed by atoms with E-state index in [1.54, 1.807) is 0 Å². The maximum Gasteiger partial charge on any atom is 0.0991 e. The minimum atomic E-state index is 0.318. The second-order valence-electron chi connectivity index (χ2n) is 3.09. The van der Waals surface area contributed by atoms with Gasteiger partial charge in [-0.1, -0.05) is 12.1 Å². The van der Waals surface area contributed by atoms with Crippen LogP contribution in [0.1, 0.15) is 23.5 Å². The van der Waals surface area contributed by atoms with Crippen molar-refractivity contribution in [3.05, 3.63) is 35.4 Å². The van der Waals surface area contributed by atoms with Crippen molar-refractivity contribution in [1.82, 2.24) is 0 Å². The quantitative estimate of drug-likeness (QED) is 0.605. The molecule has 0 aromatic heterocycles. The van der Waals surface area contributed by atoms with Gasteiger partial charge in [-0.2, -0.15) is 5.26 Å². The normalized spacial score (nSPS) is 26.3. The van der Waals surface area contributed by atoms with E-state index >= 15 is 0 Å². The fourth-order valence-corrected chi connectivity index (χ4v) is 1.65. The molecule has 1 aromatic rings. The molecule has 0 heterocycles. The Balaban J connectivity index is 2.21. The molecule has 60 valence electrons. The van der Waals surface area contributed by atoms with Crippen LogP contribution in [0.4, 0.5) is 0 Å². The van der Waals surface area contributed by atoms with Crippen LogP contribution in [0.2, 0.25) is 0 Å². The van der Waals surface area contributed by atoms with E-state index in [0.717, 1.165) is 6.42 Å². The van der Waals surface area contributed by atoms with E-state index in [-0.39, 0.29) is 0 Å². The van der Waals surface area contributed by atoms with Crippen molar-refractivity contribution in [3.8, 4) is 6.07 Å². The Hall–Kier alpha value is -1.00. The molecule has 1 fully saturated rings. The SMILES string of the molecule is N#Cc1ccc([C@@H]2C[C@@H]2Cl)cc1. The maximum absolute atomic E-state index is 8.56. The summed E-state index contributed by atoms with van der Waals surface area (Å²) in [5.74, 6) is 0.527. The fourth-order valence-electron chi connectivity index (χ4n) is 1.31. The Kier molecular flexibility index (Phi) is 1.78. The molecule has 1 saturated carbocycles. The number of nitriles is 1. The van der Waals surface area contributed by atoms with Crippen LogP contribution >= 0.6 is 11.6 Å². The average molecular weight is 178 g/mol. The standard InChI is InChI=1S/C10H8ClN/c11-10-5-9(10)8-3-1-7(6-12)2-4-8/h1-4,9-10H,5H2/t9-,10-/m0/s1. The van der Waals surface area contributed by atoms with Gasteiger partial charge in [-0.3, -0.25) is 0 Å². The van der Waals surface area contributed by atoms with Crippen molar-refractivity contribution in [1.29, 1.82) is 5.26 Å². The summed E-state index contributed by atoms with van der Waals surface area (Å²) in [5, 5.41) is 8.88. The van der Waals surface area contributed by atoms with Gasteiger partial charge < -0.3 is 0 Å². The number of hydrogen-bond acceptors (Lipinski definition) is 1. The highest BCUT2D eigenvalue weighted by Crippen LogP contribution is 2.44. The highest BCUT2D eigenvalue weighted by Gasteiger charge is 2.36. The van der Waals surface area contributed by atoms with E-state index in [1.807, 2.05) is 24.3 Å². The predicted octanol–water partition coefficient (Wildman–Crippen LogP) is 2.65. The van der Waals surface area contributed by atoms with Gasteiger partial charge >= 0.3 is 0 Å². The first-order chi connectivity index (χ1) is 5.81. The predicted molar refractivity (Wildman–Crippen MR) is 48.2 cm³/mol. The lowest BCUT2D eigenvalue weighted by atomic mass is 10.1. The summed E-state index contributed by atoms with van der Waals surface area (Å²) in [6.45, 7) is 0. The summed E-state index contributed by atoms with van der Waals surface area (Å²) < 4.78 is 0. The molecular formula is C10H8ClN. The third-order valence-corrected chi connectivity index (χ3v) is 2.66. The van der Waals surface area contributed by atoms with Gasteiger partial charge in [0, 0.05) is 11.3 Å². The van der Waals surface area contributed by atoms with Crippen molar-refractivity contribution in [2.24, 2.45) is 0 Å². The van der Waals surface area contributed by atoms with Crippen molar-refractivity contribution in [2.45, 2.75) is 17.7 Å². The lowest BCUT2D eigenvalue weighted by Crippen LogP contribution is -1.82. The third kappa shape index (κ3) is 1.31. The first-order valence-electron chi connectivity index (χ1n) is 3.95. The first kappa shape index (κ1) is 7.64. The first-order valence-corrected chi connectivity index (χ1v) is 4.39. The van der Waals surface area contributed by atoms with Crippen LogP contribution in [0.25, 0.3) is 0 Å². The molecule has 0 N–H and O–H groups in total. The third-order valence-electron chi connectivity index (χ3n) is 2.18. The molecule has 2 rings (SSSR count). The second kappa shape index (κ2) is 2.80. The molecule has 0 unspecified atom stereocenters. The van der Waals surface area contributed by atoms with E-state index < -0.39 is 0 Å². The van der Waals surface area contributed by atoms with Crippen molar-refractivity contribution in [3.63, 3.8) is 0 Å². The van der Waals surface area contributed by atoms with E-state index in [4.69, 9.17) is 16.9 Å². The summed E-state index contributed by atoms with van der Waals surface area (Å²) in [5.41, 5.74) is 1.97. The molecule has 1 aliphatic rings. The van der Waals surface area contributed by atoms with Gasteiger partial charge in [0.2, 0.25) is 0 Å². The Morgan fingerprint density at radius 1 is 1.33 bits per heavy atom. The highest BCUT2D eigenvalue weighted by molar-refractivity contribution is 6.23. The monoisotopic (exact) mass is 177 g/mol. The zero-order valence-corrected chi connectivity index (χ0v) is 7.25. The molecule has 0 amide bonds. The van der Waals surface area contributed by atoms with E-state index in [9.17, 15) is 0 Å². The maximum atomic E-state index is 8.56. The molecule has 2 heteroatoms. The molecule has 0 spiro atoms. The molecule has 1 aromatic carbocycles. The van der Waals surface area contributed by atoms with Gasteiger partial charge in [0.1, 0.15) is 0 Å². The van der Waals surface area contributed by atoms with Crippen LogP contribution in [0.3, 0.4) is 0 Å². The molecule has 0 aliphatic heterocycles. The van der Waals surface area contributed by atoms with E-state index in [1.165, 1.54) is 5.56 Å². The summed E-state index contributed by atoms with van der Waals surface area (Å²) in [6.07, 6.45) is 1.08. The van der Waals surface area contributed by atoms with Crippen LogP contribution < -0.4 is 0 Å². The summed E-state index contributed by atoms with van der Waals surface area (Å²) in [6, 6.07) is 9.76. The molecule has 2 atom stereocenters. The minimum absolute atomic E-state index is 0.318. The van der Waals surface area contributed by atoms with Crippen LogP contribution in [-0.2, 0) is 0 Å². The van der Waals surface area contributed by atoms with Crippen molar-refractivity contribution >= 4 is 11.6 Å². The van der Waals surface area contributed by atoms with Crippen molar-refractivity contribution < 1.29 is 0 Å². The number of halogens is 1. The van der Waals surface area contributed by atoms with Gasteiger partial charge in [-0.05, 0) is 24.1 Å². The van der Waals surface area contributed by atoms with Crippen molar-refractivity contribution in [2.75, 3.05) is 0 Å². The van der Waals surface area contributed by atoms with E-state index in [2.05, 4.69) is 6.07 Å². The molecule has 0 radical (unpaired) electrons. The summed E-state index contributed by atoms with van der Waals surface area (Å²) >= 11 is 5.90. The summed E-state index contributed by atoms with van der Waals surface area (Å²) in [4.78, 5) is 0. The average Bonchev–Trinajstić information content (AvgIpc) is 2.83. The Labute approximate surface area is 76.6 Å². The van der Waals surface area contributed by atoms with Crippen LogP contribution in [0, 0.1) is 11.3 Å².